The third kappa shape index (κ3) is 4.31. The molecule has 1 saturated heterocycles. The van der Waals surface area contributed by atoms with Crippen molar-refractivity contribution in [3.8, 4) is 0 Å². The smallest absolute Gasteiger partial charge is 0.120 e. The number of likely N-dealkylation sites (N-methyl/N-ethyl adjacent to an activating group) is 1. The van der Waals surface area contributed by atoms with E-state index in [0.717, 1.165) is 57.3 Å². The van der Waals surface area contributed by atoms with Crippen molar-refractivity contribution in [2.45, 2.75) is 20.0 Å². The van der Waals surface area contributed by atoms with Crippen LogP contribution in [0.4, 0.5) is 0 Å². The zero-order valence-corrected chi connectivity index (χ0v) is 13.1. The lowest BCUT2D eigenvalue weighted by Gasteiger charge is -2.34. The zero-order valence-electron chi connectivity index (χ0n) is 13.1. The number of nitrogens with two attached hydrogens (primary N) is 1. The molecule has 114 valence electrons. The molecule has 0 bridgehead atoms. The minimum absolute atomic E-state index is 0.490. The number of hydrogen-bond acceptors (Lipinski definition) is 5. The molecular weight excluding hydrogens is 252 g/mol. The molecule has 0 spiro atoms. The van der Waals surface area contributed by atoms with Crippen LogP contribution in [0.1, 0.15) is 17.1 Å². The van der Waals surface area contributed by atoms with Gasteiger partial charge in [0.05, 0.1) is 13.1 Å². The van der Waals surface area contributed by atoms with Gasteiger partial charge in [-0.3, -0.25) is 9.80 Å². The van der Waals surface area contributed by atoms with E-state index >= 15 is 0 Å². The van der Waals surface area contributed by atoms with Crippen LogP contribution >= 0.6 is 0 Å². The van der Waals surface area contributed by atoms with Gasteiger partial charge in [0.2, 0.25) is 0 Å². The summed E-state index contributed by atoms with van der Waals surface area (Å²) in [6, 6.07) is 2.13. The molecule has 0 aliphatic carbocycles. The lowest BCUT2D eigenvalue weighted by molar-refractivity contribution is 0.114. The van der Waals surface area contributed by atoms with Gasteiger partial charge in [-0.05, 0) is 32.6 Å². The Hall–Kier alpha value is -0.880. The van der Waals surface area contributed by atoms with E-state index in [0.29, 0.717) is 6.54 Å². The van der Waals surface area contributed by atoms with Gasteiger partial charge in [0.1, 0.15) is 11.5 Å². The van der Waals surface area contributed by atoms with Crippen molar-refractivity contribution in [3.05, 3.63) is 23.2 Å². The lowest BCUT2D eigenvalue weighted by atomic mass is 10.2. The number of hydrogen-bond donors (Lipinski definition) is 1. The maximum Gasteiger partial charge on any atom is 0.120 e. The molecule has 1 aromatic rings. The minimum Gasteiger partial charge on any atom is -0.463 e. The van der Waals surface area contributed by atoms with Gasteiger partial charge in [-0.1, -0.05) is 0 Å². The average molecular weight is 280 g/mol. The Bertz CT molecular complexity index is 408. The first-order valence-electron chi connectivity index (χ1n) is 7.46. The first-order valence-corrected chi connectivity index (χ1v) is 7.46. The van der Waals surface area contributed by atoms with E-state index in [4.69, 9.17) is 10.2 Å². The Morgan fingerprint density at radius 1 is 1.20 bits per heavy atom. The van der Waals surface area contributed by atoms with E-state index in [1.807, 2.05) is 0 Å². The van der Waals surface area contributed by atoms with Crippen molar-refractivity contribution in [1.29, 1.82) is 0 Å². The largest absolute Gasteiger partial charge is 0.463 e. The molecule has 0 radical (unpaired) electrons. The van der Waals surface area contributed by atoms with Crippen molar-refractivity contribution in [1.82, 2.24) is 14.7 Å². The SMILES string of the molecule is Cc1cc(CN2CCN(CCN(C)C)CC2)oc1CN. The van der Waals surface area contributed by atoms with Crippen molar-refractivity contribution in [2.75, 3.05) is 53.4 Å². The Balaban J connectivity index is 1.76. The second-order valence-corrected chi connectivity index (χ2v) is 5.94. The highest BCUT2D eigenvalue weighted by Crippen LogP contribution is 2.16. The Kier molecular flexibility index (Phi) is 5.60. The summed E-state index contributed by atoms with van der Waals surface area (Å²) in [4.78, 5) is 7.24. The topological polar surface area (TPSA) is 48.9 Å². The van der Waals surface area contributed by atoms with Crippen LogP contribution in [0.15, 0.2) is 10.5 Å². The molecule has 2 N–H and O–H groups in total. The fraction of sp³-hybridized carbons (Fsp3) is 0.733. The third-order valence-corrected chi connectivity index (χ3v) is 3.96. The molecule has 1 aliphatic rings. The van der Waals surface area contributed by atoms with E-state index in [1.54, 1.807) is 0 Å². The molecule has 0 aromatic carbocycles. The predicted octanol–water partition coefficient (Wildman–Crippen LogP) is 0.726. The van der Waals surface area contributed by atoms with Gasteiger partial charge >= 0.3 is 0 Å². The van der Waals surface area contributed by atoms with Crippen LogP contribution < -0.4 is 5.73 Å². The van der Waals surface area contributed by atoms with Crippen molar-refractivity contribution in [3.63, 3.8) is 0 Å². The maximum absolute atomic E-state index is 5.79. The molecule has 1 aliphatic heterocycles. The van der Waals surface area contributed by atoms with Gasteiger partial charge in [-0.25, -0.2) is 0 Å². The summed E-state index contributed by atoms with van der Waals surface area (Å²) in [7, 11) is 4.26. The quantitative estimate of drug-likeness (QED) is 0.832. The van der Waals surface area contributed by atoms with Gasteiger partial charge in [-0.2, -0.15) is 0 Å². The second kappa shape index (κ2) is 7.22. The highest BCUT2D eigenvalue weighted by molar-refractivity contribution is 5.19. The fourth-order valence-electron chi connectivity index (χ4n) is 2.60. The average Bonchev–Trinajstić information content (AvgIpc) is 2.78. The van der Waals surface area contributed by atoms with Crippen LogP contribution in [0.3, 0.4) is 0 Å². The standard InChI is InChI=1S/C15H28N4O/c1-13-10-14(20-15(13)11-16)12-19-8-6-18(7-9-19)5-4-17(2)3/h10H,4-9,11-12,16H2,1-3H3. The number of nitrogens with zero attached hydrogens (tertiary/aromatic N) is 3. The molecule has 5 heteroatoms. The first kappa shape index (κ1) is 15.5. The molecule has 0 amide bonds. The molecule has 20 heavy (non-hydrogen) atoms. The van der Waals surface area contributed by atoms with Crippen LogP contribution in [0, 0.1) is 6.92 Å². The Morgan fingerprint density at radius 2 is 1.85 bits per heavy atom. The summed E-state index contributed by atoms with van der Waals surface area (Å²) in [5.41, 5.74) is 6.83. The normalized spacial score (nSPS) is 18.1. The van der Waals surface area contributed by atoms with Gasteiger partial charge in [0.25, 0.3) is 0 Å². The van der Waals surface area contributed by atoms with Crippen molar-refractivity contribution < 1.29 is 4.42 Å². The summed E-state index contributed by atoms with van der Waals surface area (Å²) >= 11 is 0. The number of aryl methyl sites for hydroxylation is 1. The van der Waals surface area contributed by atoms with Crippen LogP contribution in [-0.4, -0.2) is 68.1 Å². The van der Waals surface area contributed by atoms with E-state index < -0.39 is 0 Å². The van der Waals surface area contributed by atoms with Crippen LogP contribution in [0.5, 0.6) is 0 Å². The summed E-state index contributed by atoms with van der Waals surface area (Å²) in [6.07, 6.45) is 0. The van der Waals surface area contributed by atoms with Gasteiger partial charge in [0, 0.05) is 39.3 Å². The van der Waals surface area contributed by atoms with E-state index in [2.05, 4.69) is 41.8 Å². The van der Waals surface area contributed by atoms with Gasteiger partial charge in [-0.15, -0.1) is 0 Å². The van der Waals surface area contributed by atoms with E-state index in [9.17, 15) is 0 Å². The summed E-state index contributed by atoms with van der Waals surface area (Å²) in [6.45, 7) is 10.3. The zero-order chi connectivity index (χ0) is 14.5. The molecule has 2 rings (SSSR count). The van der Waals surface area contributed by atoms with Gasteiger partial charge in [0.15, 0.2) is 0 Å². The molecule has 0 saturated carbocycles. The first-order chi connectivity index (χ1) is 9.58. The molecule has 5 nitrogen and oxygen atoms in total. The highest BCUT2D eigenvalue weighted by Gasteiger charge is 2.18. The molecule has 0 atom stereocenters. The van der Waals surface area contributed by atoms with Crippen LogP contribution in [-0.2, 0) is 13.1 Å². The minimum atomic E-state index is 0.490. The second-order valence-electron chi connectivity index (χ2n) is 5.94. The molecular formula is C15H28N4O. The summed E-state index contributed by atoms with van der Waals surface area (Å²) in [5.74, 6) is 1.97. The molecule has 1 aromatic heterocycles. The number of rotatable bonds is 6. The number of furan rings is 1. The van der Waals surface area contributed by atoms with Crippen molar-refractivity contribution >= 4 is 0 Å². The van der Waals surface area contributed by atoms with Crippen LogP contribution in [0.2, 0.25) is 0 Å². The summed E-state index contributed by atoms with van der Waals surface area (Å²) < 4.78 is 5.79. The van der Waals surface area contributed by atoms with Crippen LogP contribution in [0.25, 0.3) is 0 Å². The number of piperazine rings is 1. The lowest BCUT2D eigenvalue weighted by Crippen LogP contribution is -2.47. The van der Waals surface area contributed by atoms with E-state index in [-0.39, 0.29) is 0 Å². The molecule has 0 unspecified atom stereocenters. The molecule has 1 fully saturated rings. The molecule has 2 heterocycles. The summed E-state index contributed by atoms with van der Waals surface area (Å²) in [5, 5.41) is 0. The van der Waals surface area contributed by atoms with Crippen molar-refractivity contribution in [2.24, 2.45) is 5.73 Å². The Labute approximate surface area is 122 Å². The van der Waals surface area contributed by atoms with Gasteiger partial charge < -0.3 is 15.1 Å². The highest BCUT2D eigenvalue weighted by atomic mass is 16.3. The predicted molar refractivity (Wildman–Crippen MR) is 81.6 cm³/mol. The van der Waals surface area contributed by atoms with E-state index in [1.165, 1.54) is 5.56 Å². The monoisotopic (exact) mass is 280 g/mol. The fourth-order valence-corrected chi connectivity index (χ4v) is 2.60. The third-order valence-electron chi connectivity index (χ3n) is 3.96. The Morgan fingerprint density at radius 3 is 2.40 bits per heavy atom. The maximum atomic E-state index is 5.79.